The van der Waals surface area contributed by atoms with Crippen LogP contribution in [-0.2, 0) is 61.3 Å². The van der Waals surface area contributed by atoms with Crippen LogP contribution in [0.3, 0.4) is 0 Å². The van der Waals surface area contributed by atoms with Gasteiger partial charge in [0.1, 0.15) is 12.2 Å². The van der Waals surface area contributed by atoms with Gasteiger partial charge < -0.3 is 56.5 Å². The molecule has 276 valence electrons. The lowest BCUT2D eigenvalue weighted by molar-refractivity contribution is -0.160. The lowest BCUT2D eigenvalue weighted by Crippen LogP contribution is -2.41. The van der Waals surface area contributed by atoms with E-state index in [1.165, 1.54) is 0 Å². The van der Waals surface area contributed by atoms with Crippen molar-refractivity contribution in [1.29, 1.82) is 0 Å². The molecule has 0 spiro atoms. The van der Waals surface area contributed by atoms with Gasteiger partial charge in [0, 0.05) is 0 Å². The number of rotatable bonds is 33. The maximum absolute atomic E-state index is 11.5. The molecule has 0 aromatic rings. The van der Waals surface area contributed by atoms with E-state index in [1.54, 1.807) is 0 Å². The fraction of sp³-hybridized carbons (Fsp3) is 0.969. The summed E-state index contributed by atoms with van der Waals surface area (Å²) in [5, 5.41) is 0.214. The Hall–Kier alpha value is -0.753. The van der Waals surface area contributed by atoms with Crippen LogP contribution in [0.4, 0.5) is 0 Å². The van der Waals surface area contributed by atoms with E-state index in [0.717, 1.165) is 0 Å². The van der Waals surface area contributed by atoms with Crippen molar-refractivity contribution in [1.82, 2.24) is 0 Å². The quantitative estimate of drug-likeness (QED) is 0.0568. The molecule has 0 heterocycles. The molecular formula is C32H66O13Si. The highest BCUT2D eigenvalue weighted by Gasteiger charge is 2.36. The molecule has 0 bridgehead atoms. The number of hydrogen-bond donors (Lipinski definition) is 0. The first-order valence-corrected chi connectivity index (χ1v) is 19.4. The van der Waals surface area contributed by atoms with Gasteiger partial charge in [0.25, 0.3) is 0 Å². The Labute approximate surface area is 279 Å². The number of carbonyl (C=O) groups excluding carboxylic acids is 1. The van der Waals surface area contributed by atoms with E-state index in [-0.39, 0.29) is 17.6 Å². The van der Waals surface area contributed by atoms with Gasteiger partial charge in [-0.05, 0) is 38.9 Å². The fourth-order valence-electron chi connectivity index (χ4n) is 3.08. The van der Waals surface area contributed by atoms with Crippen LogP contribution < -0.4 is 0 Å². The summed E-state index contributed by atoms with van der Waals surface area (Å²) >= 11 is 0. The molecule has 46 heavy (non-hydrogen) atoms. The van der Waals surface area contributed by atoms with Gasteiger partial charge in [0.2, 0.25) is 0 Å². The Kier molecular flexibility index (Phi) is 28.7. The van der Waals surface area contributed by atoms with Crippen molar-refractivity contribution in [3.63, 3.8) is 0 Å². The Morgan fingerprint density at radius 2 is 0.652 bits per heavy atom. The molecule has 0 saturated heterocycles. The number of carbonyl (C=O) groups is 1. The van der Waals surface area contributed by atoms with Gasteiger partial charge in [-0.25, -0.2) is 4.79 Å². The van der Waals surface area contributed by atoms with Crippen LogP contribution in [0.5, 0.6) is 0 Å². The van der Waals surface area contributed by atoms with Crippen molar-refractivity contribution in [2.45, 2.75) is 65.3 Å². The van der Waals surface area contributed by atoms with Gasteiger partial charge >= 0.3 is 5.97 Å². The molecule has 0 saturated carbocycles. The molecule has 0 N–H and O–H groups in total. The van der Waals surface area contributed by atoms with Crippen LogP contribution in [0.15, 0.2) is 0 Å². The molecule has 0 aromatic carbocycles. The minimum absolute atomic E-state index is 0.0815. The maximum atomic E-state index is 11.5. The zero-order valence-corrected chi connectivity index (χ0v) is 31.2. The van der Waals surface area contributed by atoms with Gasteiger partial charge in [0.05, 0.1) is 132 Å². The van der Waals surface area contributed by atoms with Crippen LogP contribution in [0.1, 0.15) is 41.5 Å². The largest absolute Gasteiger partial charge is 0.458 e. The van der Waals surface area contributed by atoms with Gasteiger partial charge in [-0.3, -0.25) is 0 Å². The van der Waals surface area contributed by atoms with Gasteiger partial charge in [0.15, 0.2) is 8.32 Å². The van der Waals surface area contributed by atoms with Crippen molar-refractivity contribution in [3.05, 3.63) is 0 Å². The minimum atomic E-state index is -1.70. The predicted molar refractivity (Wildman–Crippen MR) is 177 cm³/mol. The Balaban J connectivity index is 3.17. The van der Waals surface area contributed by atoms with E-state index in [1.807, 2.05) is 20.8 Å². The third-order valence-electron chi connectivity index (χ3n) is 6.48. The SMILES string of the molecule is CC(C)(C)OC(=O)COCCOCCOCCOCCOCCOCCOCCOCCOCCOCCO[Si](C)(C)C(C)(C)C. The van der Waals surface area contributed by atoms with Gasteiger partial charge in [-0.2, -0.15) is 0 Å². The van der Waals surface area contributed by atoms with Crippen LogP contribution in [-0.4, -0.2) is 159 Å². The molecule has 0 amide bonds. The van der Waals surface area contributed by atoms with Crippen molar-refractivity contribution in [2.75, 3.05) is 139 Å². The third-order valence-corrected chi connectivity index (χ3v) is 11.0. The Morgan fingerprint density at radius 3 is 0.891 bits per heavy atom. The van der Waals surface area contributed by atoms with E-state index < -0.39 is 13.9 Å². The molecule has 0 atom stereocenters. The fourth-order valence-corrected chi connectivity index (χ4v) is 4.10. The summed E-state index contributed by atoms with van der Waals surface area (Å²) in [5.74, 6) is -0.385. The highest BCUT2D eigenvalue weighted by atomic mass is 28.4. The third kappa shape index (κ3) is 31.8. The molecule has 0 aliphatic carbocycles. The van der Waals surface area contributed by atoms with Crippen molar-refractivity contribution in [2.24, 2.45) is 0 Å². The molecule has 0 rings (SSSR count). The Bertz CT molecular complexity index is 684. The van der Waals surface area contributed by atoms with Crippen LogP contribution in [0.25, 0.3) is 0 Å². The molecule has 13 nitrogen and oxygen atoms in total. The second-order valence-electron chi connectivity index (χ2n) is 12.8. The zero-order valence-electron chi connectivity index (χ0n) is 30.2. The average Bonchev–Trinajstić information content (AvgIpc) is 2.96. The molecule has 0 aromatic heterocycles. The molecule has 14 heteroatoms. The maximum Gasteiger partial charge on any atom is 0.332 e. The smallest absolute Gasteiger partial charge is 0.332 e. The van der Waals surface area contributed by atoms with Gasteiger partial charge in [-0.1, -0.05) is 20.8 Å². The second kappa shape index (κ2) is 29.2. The zero-order chi connectivity index (χ0) is 34.4. The lowest BCUT2D eigenvalue weighted by atomic mass is 10.2. The van der Waals surface area contributed by atoms with E-state index in [9.17, 15) is 4.79 Å². The topological polar surface area (TPSA) is 128 Å². The van der Waals surface area contributed by atoms with E-state index in [2.05, 4.69) is 33.9 Å². The van der Waals surface area contributed by atoms with Gasteiger partial charge in [-0.15, -0.1) is 0 Å². The summed E-state index contributed by atoms with van der Waals surface area (Å²) in [7, 11) is -1.70. The summed E-state index contributed by atoms with van der Waals surface area (Å²) in [5.41, 5.74) is -0.509. The second-order valence-corrected chi connectivity index (χ2v) is 17.6. The van der Waals surface area contributed by atoms with E-state index >= 15 is 0 Å². The van der Waals surface area contributed by atoms with E-state index in [0.29, 0.717) is 132 Å². The highest BCUT2D eigenvalue weighted by molar-refractivity contribution is 6.74. The van der Waals surface area contributed by atoms with Crippen molar-refractivity contribution in [3.8, 4) is 0 Å². The average molecular weight is 687 g/mol. The Morgan fingerprint density at radius 1 is 0.413 bits per heavy atom. The molecule has 0 aliphatic heterocycles. The first kappa shape index (κ1) is 45.2. The van der Waals surface area contributed by atoms with E-state index in [4.69, 9.17) is 56.5 Å². The van der Waals surface area contributed by atoms with Crippen LogP contribution in [0, 0.1) is 0 Å². The first-order valence-electron chi connectivity index (χ1n) is 16.5. The van der Waals surface area contributed by atoms with Crippen LogP contribution >= 0.6 is 0 Å². The predicted octanol–water partition coefficient (Wildman–Crippen LogP) is 3.52. The summed E-state index contributed by atoms with van der Waals surface area (Å²) in [6.07, 6.45) is 0. The van der Waals surface area contributed by atoms with Crippen molar-refractivity contribution < 1.29 is 61.3 Å². The number of esters is 1. The summed E-state index contributed by atoms with van der Waals surface area (Å²) < 4.78 is 65.8. The van der Waals surface area contributed by atoms with Crippen molar-refractivity contribution >= 4 is 14.3 Å². The number of ether oxygens (including phenoxy) is 11. The standard InChI is InChI=1S/C32H66O13Si/c1-31(2,3)45-30(33)29-43-26-25-41-22-21-39-18-17-37-14-13-35-10-9-34-11-12-36-15-16-38-19-20-40-23-24-42-27-28-44-46(7,8)32(4,5)6/h9-29H2,1-8H3. The lowest BCUT2D eigenvalue weighted by Gasteiger charge is -2.36. The summed E-state index contributed by atoms with van der Waals surface area (Å²) in [4.78, 5) is 11.5. The molecule has 0 radical (unpaired) electrons. The minimum Gasteiger partial charge on any atom is -0.458 e. The summed E-state index contributed by atoms with van der Waals surface area (Å²) in [6.45, 7) is 26.5. The number of hydrogen-bond acceptors (Lipinski definition) is 13. The van der Waals surface area contributed by atoms with Crippen LogP contribution in [0.2, 0.25) is 18.1 Å². The molecular weight excluding hydrogens is 620 g/mol. The molecule has 0 unspecified atom stereocenters. The highest BCUT2D eigenvalue weighted by Crippen LogP contribution is 2.36. The first-order chi connectivity index (χ1) is 21.9. The monoisotopic (exact) mass is 686 g/mol. The normalized spacial score (nSPS) is 12.6. The molecule has 0 fully saturated rings. The summed E-state index contributed by atoms with van der Waals surface area (Å²) in [6, 6.07) is 0. The molecule has 0 aliphatic rings.